The van der Waals surface area contributed by atoms with Crippen molar-refractivity contribution in [1.29, 1.82) is 0 Å². The number of rotatable bonds is 3. The fourth-order valence-corrected chi connectivity index (χ4v) is 3.16. The van der Waals surface area contributed by atoms with Crippen molar-refractivity contribution < 1.29 is 14.3 Å². The fraction of sp³-hybridized carbons (Fsp3) is 0.467. The normalized spacial score (nSPS) is 29.4. The van der Waals surface area contributed by atoms with Crippen LogP contribution in [0.25, 0.3) is 11.4 Å². The standard InChI is InChI=1S/C15H17N5O3/c1-9(21)17-12-7-22-15-13(8-23-14(12)15)20-6-11(18-19-20)10-4-2-3-5-16-10/h2-6,12-15H,7-8H2,1H3,(H,17,21)/t12-,13+,14-,15+/m1/s1. The Kier molecular flexibility index (Phi) is 3.55. The average molecular weight is 315 g/mol. The zero-order valence-electron chi connectivity index (χ0n) is 12.6. The molecule has 8 nitrogen and oxygen atoms in total. The molecule has 0 saturated carbocycles. The van der Waals surface area contributed by atoms with Crippen molar-refractivity contribution >= 4 is 5.91 Å². The van der Waals surface area contributed by atoms with Gasteiger partial charge in [0.05, 0.1) is 31.1 Å². The van der Waals surface area contributed by atoms with Crippen molar-refractivity contribution in [3.05, 3.63) is 30.6 Å². The third kappa shape index (κ3) is 2.60. The second-order valence-corrected chi connectivity index (χ2v) is 5.77. The number of nitrogens with one attached hydrogen (secondary N) is 1. The van der Waals surface area contributed by atoms with Crippen LogP contribution in [0.3, 0.4) is 0 Å². The largest absolute Gasteiger partial charge is 0.371 e. The van der Waals surface area contributed by atoms with E-state index in [0.29, 0.717) is 18.9 Å². The highest BCUT2D eigenvalue weighted by Gasteiger charge is 2.49. The molecule has 23 heavy (non-hydrogen) atoms. The van der Waals surface area contributed by atoms with Gasteiger partial charge in [0.2, 0.25) is 5.91 Å². The van der Waals surface area contributed by atoms with Crippen molar-refractivity contribution in [2.45, 2.75) is 31.2 Å². The molecule has 0 aliphatic carbocycles. The average Bonchev–Trinajstić information content (AvgIpc) is 3.25. The van der Waals surface area contributed by atoms with Crippen LogP contribution >= 0.6 is 0 Å². The van der Waals surface area contributed by atoms with Crippen LogP contribution in [0.4, 0.5) is 0 Å². The molecule has 0 bridgehead atoms. The number of carbonyl (C=O) groups is 1. The third-order valence-corrected chi connectivity index (χ3v) is 4.19. The number of aromatic nitrogens is 4. The minimum absolute atomic E-state index is 0.0521. The van der Waals surface area contributed by atoms with Crippen molar-refractivity contribution in [1.82, 2.24) is 25.3 Å². The van der Waals surface area contributed by atoms with Crippen LogP contribution in [-0.4, -0.2) is 57.3 Å². The highest BCUT2D eigenvalue weighted by atomic mass is 16.6. The molecule has 0 radical (unpaired) electrons. The van der Waals surface area contributed by atoms with Gasteiger partial charge in [0.1, 0.15) is 23.9 Å². The molecule has 4 heterocycles. The van der Waals surface area contributed by atoms with Gasteiger partial charge >= 0.3 is 0 Å². The van der Waals surface area contributed by atoms with Crippen LogP contribution in [0, 0.1) is 0 Å². The van der Waals surface area contributed by atoms with Gasteiger partial charge in [0.25, 0.3) is 0 Å². The summed E-state index contributed by atoms with van der Waals surface area (Å²) in [5.74, 6) is -0.0792. The zero-order chi connectivity index (χ0) is 15.8. The van der Waals surface area contributed by atoms with Crippen molar-refractivity contribution in [3.63, 3.8) is 0 Å². The predicted octanol–water partition coefficient (Wildman–Crippen LogP) is 0.183. The molecule has 2 aromatic rings. The lowest BCUT2D eigenvalue weighted by Crippen LogP contribution is -2.43. The second kappa shape index (κ2) is 5.71. The molecule has 2 aliphatic rings. The van der Waals surface area contributed by atoms with Crippen LogP contribution in [0.15, 0.2) is 30.6 Å². The lowest BCUT2D eigenvalue weighted by atomic mass is 10.1. The predicted molar refractivity (Wildman–Crippen MR) is 79.4 cm³/mol. The number of amides is 1. The van der Waals surface area contributed by atoms with E-state index in [1.807, 2.05) is 24.4 Å². The SMILES string of the molecule is CC(=O)N[C@@H]1CO[C@@H]2[C@@H]1OC[C@@H]2n1cc(-c2ccccn2)nn1. The summed E-state index contributed by atoms with van der Waals surface area (Å²) < 4.78 is 13.4. The highest BCUT2D eigenvalue weighted by Crippen LogP contribution is 2.34. The Balaban J connectivity index is 1.52. The number of carbonyl (C=O) groups excluding carboxylic acids is 1. The van der Waals surface area contributed by atoms with Gasteiger partial charge in [0.15, 0.2) is 0 Å². The van der Waals surface area contributed by atoms with E-state index in [-0.39, 0.29) is 30.2 Å². The Morgan fingerprint density at radius 1 is 1.26 bits per heavy atom. The summed E-state index contributed by atoms with van der Waals surface area (Å²) in [5.41, 5.74) is 1.49. The molecule has 0 unspecified atom stereocenters. The number of nitrogens with zero attached hydrogens (tertiary/aromatic N) is 4. The first-order valence-electron chi connectivity index (χ1n) is 7.56. The molecule has 1 N–H and O–H groups in total. The van der Waals surface area contributed by atoms with Gasteiger partial charge in [-0.1, -0.05) is 11.3 Å². The Hall–Kier alpha value is -2.32. The van der Waals surface area contributed by atoms with Gasteiger partial charge < -0.3 is 14.8 Å². The van der Waals surface area contributed by atoms with Crippen LogP contribution in [0.2, 0.25) is 0 Å². The van der Waals surface area contributed by atoms with E-state index >= 15 is 0 Å². The maximum Gasteiger partial charge on any atom is 0.217 e. The molecular weight excluding hydrogens is 298 g/mol. The Morgan fingerprint density at radius 3 is 2.91 bits per heavy atom. The summed E-state index contributed by atoms with van der Waals surface area (Å²) in [6.45, 7) is 2.43. The number of fused-ring (bicyclic) bond motifs is 1. The molecular formula is C15H17N5O3. The summed E-state index contributed by atoms with van der Waals surface area (Å²) in [6.07, 6.45) is 3.30. The Bertz CT molecular complexity index is 704. The summed E-state index contributed by atoms with van der Waals surface area (Å²) in [5, 5.41) is 11.3. The molecule has 4 rings (SSSR count). The number of hydrogen-bond donors (Lipinski definition) is 1. The van der Waals surface area contributed by atoms with E-state index < -0.39 is 0 Å². The quantitative estimate of drug-likeness (QED) is 0.869. The molecule has 2 aliphatic heterocycles. The summed E-state index contributed by atoms with van der Waals surface area (Å²) >= 11 is 0. The van der Waals surface area contributed by atoms with Gasteiger partial charge in [-0.3, -0.25) is 9.78 Å². The molecule has 0 aromatic carbocycles. The van der Waals surface area contributed by atoms with Crippen LogP contribution < -0.4 is 5.32 Å². The number of hydrogen-bond acceptors (Lipinski definition) is 6. The minimum Gasteiger partial charge on any atom is -0.371 e. The van der Waals surface area contributed by atoms with E-state index in [2.05, 4.69) is 20.6 Å². The van der Waals surface area contributed by atoms with Gasteiger partial charge in [0, 0.05) is 13.1 Å². The van der Waals surface area contributed by atoms with Gasteiger partial charge in [-0.05, 0) is 12.1 Å². The van der Waals surface area contributed by atoms with Crippen LogP contribution in [0.5, 0.6) is 0 Å². The smallest absolute Gasteiger partial charge is 0.217 e. The highest BCUT2D eigenvalue weighted by molar-refractivity contribution is 5.73. The van der Waals surface area contributed by atoms with Crippen molar-refractivity contribution in [2.24, 2.45) is 0 Å². The fourth-order valence-electron chi connectivity index (χ4n) is 3.16. The van der Waals surface area contributed by atoms with Crippen LogP contribution in [-0.2, 0) is 14.3 Å². The zero-order valence-corrected chi connectivity index (χ0v) is 12.6. The first-order valence-corrected chi connectivity index (χ1v) is 7.56. The second-order valence-electron chi connectivity index (χ2n) is 5.77. The first kappa shape index (κ1) is 14.3. The van der Waals surface area contributed by atoms with E-state index in [9.17, 15) is 4.79 Å². The van der Waals surface area contributed by atoms with E-state index in [4.69, 9.17) is 9.47 Å². The third-order valence-electron chi connectivity index (χ3n) is 4.19. The molecule has 8 heteroatoms. The van der Waals surface area contributed by atoms with E-state index in [1.165, 1.54) is 6.92 Å². The van der Waals surface area contributed by atoms with Gasteiger partial charge in [-0.25, -0.2) is 4.68 Å². The topological polar surface area (TPSA) is 91.2 Å². The molecule has 4 atom stereocenters. The molecule has 0 spiro atoms. The van der Waals surface area contributed by atoms with Crippen LogP contribution in [0.1, 0.15) is 13.0 Å². The molecule has 2 fully saturated rings. The maximum absolute atomic E-state index is 11.2. The van der Waals surface area contributed by atoms with Gasteiger partial charge in [-0.15, -0.1) is 5.10 Å². The minimum atomic E-state index is -0.147. The monoisotopic (exact) mass is 315 g/mol. The number of ether oxygens (including phenoxy) is 2. The lowest BCUT2D eigenvalue weighted by Gasteiger charge is -2.16. The molecule has 120 valence electrons. The maximum atomic E-state index is 11.2. The van der Waals surface area contributed by atoms with E-state index in [0.717, 1.165) is 5.69 Å². The number of pyridine rings is 1. The molecule has 1 amide bonds. The lowest BCUT2D eigenvalue weighted by molar-refractivity contribution is -0.120. The first-order chi connectivity index (χ1) is 11.2. The summed E-state index contributed by atoms with van der Waals surface area (Å²) in [7, 11) is 0. The Labute approximate surface area is 132 Å². The van der Waals surface area contributed by atoms with Gasteiger partial charge in [-0.2, -0.15) is 0 Å². The summed E-state index contributed by atoms with van der Waals surface area (Å²) in [6, 6.07) is 5.50. The van der Waals surface area contributed by atoms with Crippen molar-refractivity contribution in [2.75, 3.05) is 13.2 Å². The Morgan fingerprint density at radius 2 is 2.13 bits per heavy atom. The molecule has 2 saturated heterocycles. The summed E-state index contributed by atoms with van der Waals surface area (Å²) in [4.78, 5) is 15.5. The molecule has 2 aromatic heterocycles. The van der Waals surface area contributed by atoms with Crippen molar-refractivity contribution in [3.8, 4) is 11.4 Å². The van der Waals surface area contributed by atoms with E-state index in [1.54, 1.807) is 10.9 Å².